The van der Waals surface area contributed by atoms with Crippen LogP contribution in [0.15, 0.2) is 48.5 Å². The van der Waals surface area contributed by atoms with Crippen molar-refractivity contribution in [2.45, 2.75) is 19.1 Å². The molecule has 0 saturated carbocycles. The van der Waals surface area contributed by atoms with E-state index < -0.39 is 11.6 Å². The first-order chi connectivity index (χ1) is 10.0. The molecule has 0 spiro atoms. The molecule has 1 heterocycles. The number of rotatable bonds is 3. The van der Waals surface area contributed by atoms with Crippen molar-refractivity contribution in [3.63, 3.8) is 0 Å². The third-order valence-electron chi connectivity index (χ3n) is 3.77. The van der Waals surface area contributed by atoms with Gasteiger partial charge in [0.2, 0.25) is 0 Å². The molecule has 1 N–H and O–H groups in total. The Labute approximate surface area is 122 Å². The Morgan fingerprint density at radius 3 is 2.05 bits per heavy atom. The fourth-order valence-electron chi connectivity index (χ4n) is 2.77. The van der Waals surface area contributed by atoms with Crippen LogP contribution < -0.4 is 0 Å². The molecule has 3 rings (SSSR count). The lowest BCUT2D eigenvalue weighted by molar-refractivity contribution is -0.161. The van der Waals surface area contributed by atoms with E-state index in [0.29, 0.717) is 0 Å². The average Bonchev–Trinajstić information content (AvgIpc) is 2.81. The highest BCUT2D eigenvalue weighted by atomic mass is 16.5. The van der Waals surface area contributed by atoms with Crippen molar-refractivity contribution in [2.75, 3.05) is 7.11 Å². The van der Waals surface area contributed by atoms with Crippen molar-refractivity contribution in [3.8, 4) is 0 Å². The fourth-order valence-corrected chi connectivity index (χ4v) is 2.77. The highest BCUT2D eigenvalue weighted by molar-refractivity contribution is 6.08. The predicted molar refractivity (Wildman–Crippen MR) is 82.1 cm³/mol. The summed E-state index contributed by atoms with van der Waals surface area (Å²) in [6, 6.07) is 15.9. The summed E-state index contributed by atoms with van der Waals surface area (Å²) < 4.78 is 6.65. The summed E-state index contributed by atoms with van der Waals surface area (Å²) in [5.74, 6) is -0.635. The number of benzene rings is 2. The van der Waals surface area contributed by atoms with E-state index in [1.807, 2.05) is 53.1 Å². The number of para-hydroxylation sites is 2. The monoisotopic (exact) mass is 283 g/mol. The Morgan fingerprint density at radius 2 is 1.57 bits per heavy atom. The number of carbonyl (C=O) groups excluding carboxylic acids is 1. The van der Waals surface area contributed by atoms with Gasteiger partial charge in [0.25, 0.3) is 0 Å². The lowest BCUT2D eigenvalue weighted by Crippen LogP contribution is -2.40. The zero-order valence-electron chi connectivity index (χ0n) is 12.0. The summed E-state index contributed by atoms with van der Waals surface area (Å²) in [5, 5.41) is 12.6. The molecule has 0 aliphatic heterocycles. The molecule has 0 fully saturated rings. The topological polar surface area (TPSA) is 51.5 Å². The maximum absolute atomic E-state index is 11.7. The Morgan fingerprint density at radius 1 is 1.10 bits per heavy atom. The van der Waals surface area contributed by atoms with Crippen LogP contribution in [-0.2, 0) is 16.1 Å². The average molecular weight is 283 g/mol. The molecular formula is C17H17NO3. The lowest BCUT2D eigenvalue weighted by Gasteiger charge is -2.22. The molecule has 3 aromatic rings. The Balaban J connectivity index is 2.23. The number of ether oxygens (including phenoxy) is 1. The third kappa shape index (κ3) is 2.17. The number of methoxy groups -OCH3 is 1. The number of esters is 1. The van der Waals surface area contributed by atoms with E-state index in [-0.39, 0.29) is 6.54 Å². The van der Waals surface area contributed by atoms with Gasteiger partial charge in [-0.15, -0.1) is 0 Å². The van der Waals surface area contributed by atoms with E-state index in [1.54, 1.807) is 0 Å². The molecule has 0 bridgehead atoms. The van der Waals surface area contributed by atoms with E-state index >= 15 is 0 Å². The van der Waals surface area contributed by atoms with Crippen LogP contribution in [0.4, 0.5) is 0 Å². The van der Waals surface area contributed by atoms with E-state index in [0.717, 1.165) is 21.8 Å². The molecule has 4 heteroatoms. The van der Waals surface area contributed by atoms with Gasteiger partial charge in [0.1, 0.15) is 0 Å². The first kappa shape index (κ1) is 13.6. The zero-order valence-corrected chi connectivity index (χ0v) is 12.0. The van der Waals surface area contributed by atoms with Crippen molar-refractivity contribution >= 4 is 27.8 Å². The normalized spacial score (nSPS) is 14.2. The molecule has 1 aromatic heterocycles. The Hall–Kier alpha value is -2.33. The number of nitrogens with zero attached hydrogens (tertiary/aromatic N) is 1. The SMILES string of the molecule is COC(=O)C(C)(O)Cn1c2ccccc2c2ccccc21. The summed E-state index contributed by atoms with van der Waals surface area (Å²) in [7, 11) is 1.28. The third-order valence-corrected chi connectivity index (χ3v) is 3.77. The quantitative estimate of drug-likeness (QED) is 0.752. The first-order valence-corrected chi connectivity index (χ1v) is 6.81. The van der Waals surface area contributed by atoms with Crippen LogP contribution in [0.5, 0.6) is 0 Å². The molecule has 0 radical (unpaired) electrons. The molecule has 1 atom stereocenters. The number of carbonyl (C=O) groups is 1. The summed E-state index contributed by atoms with van der Waals surface area (Å²) >= 11 is 0. The Kier molecular flexibility index (Phi) is 3.18. The molecule has 0 saturated heterocycles. The summed E-state index contributed by atoms with van der Waals surface area (Å²) in [6.07, 6.45) is 0. The van der Waals surface area contributed by atoms with Gasteiger partial charge >= 0.3 is 5.97 Å². The van der Waals surface area contributed by atoms with Crippen molar-refractivity contribution in [3.05, 3.63) is 48.5 Å². The van der Waals surface area contributed by atoms with Crippen LogP contribution in [0, 0.1) is 0 Å². The molecule has 108 valence electrons. The number of fused-ring (bicyclic) bond motifs is 3. The van der Waals surface area contributed by atoms with Gasteiger partial charge in [-0.05, 0) is 19.1 Å². The minimum atomic E-state index is -1.57. The minimum absolute atomic E-state index is 0.147. The molecule has 1 unspecified atom stereocenters. The molecule has 2 aromatic carbocycles. The fraction of sp³-hybridized carbons (Fsp3) is 0.235. The van der Waals surface area contributed by atoms with Crippen molar-refractivity contribution in [1.82, 2.24) is 4.57 Å². The number of aromatic nitrogens is 1. The summed E-state index contributed by atoms with van der Waals surface area (Å²) in [5.41, 5.74) is 0.407. The van der Waals surface area contributed by atoms with Gasteiger partial charge in [0.05, 0.1) is 13.7 Å². The number of hydrogen-bond donors (Lipinski definition) is 1. The molecule has 0 aliphatic rings. The summed E-state index contributed by atoms with van der Waals surface area (Å²) in [6.45, 7) is 1.62. The van der Waals surface area contributed by atoms with Crippen molar-refractivity contribution in [1.29, 1.82) is 0 Å². The van der Waals surface area contributed by atoms with Gasteiger partial charge in [-0.3, -0.25) is 0 Å². The zero-order chi connectivity index (χ0) is 15.0. The lowest BCUT2D eigenvalue weighted by atomic mass is 10.1. The molecule has 4 nitrogen and oxygen atoms in total. The molecule has 0 amide bonds. The van der Waals surface area contributed by atoms with Crippen LogP contribution in [-0.4, -0.2) is 28.4 Å². The van der Waals surface area contributed by atoms with E-state index in [1.165, 1.54) is 14.0 Å². The molecule has 21 heavy (non-hydrogen) atoms. The van der Waals surface area contributed by atoms with Gasteiger partial charge in [-0.25, -0.2) is 4.79 Å². The van der Waals surface area contributed by atoms with Gasteiger partial charge < -0.3 is 14.4 Å². The molecular weight excluding hydrogens is 266 g/mol. The second kappa shape index (κ2) is 4.90. The van der Waals surface area contributed by atoms with Crippen molar-refractivity contribution in [2.24, 2.45) is 0 Å². The van der Waals surface area contributed by atoms with Gasteiger partial charge in [-0.2, -0.15) is 0 Å². The minimum Gasteiger partial charge on any atom is -0.467 e. The highest BCUT2D eigenvalue weighted by Gasteiger charge is 2.33. The van der Waals surface area contributed by atoms with Crippen LogP contribution >= 0.6 is 0 Å². The van der Waals surface area contributed by atoms with Crippen LogP contribution in [0.2, 0.25) is 0 Å². The van der Waals surface area contributed by atoms with E-state index in [9.17, 15) is 9.90 Å². The van der Waals surface area contributed by atoms with Crippen LogP contribution in [0.25, 0.3) is 21.8 Å². The van der Waals surface area contributed by atoms with Gasteiger partial charge in [-0.1, -0.05) is 36.4 Å². The van der Waals surface area contributed by atoms with E-state index in [2.05, 4.69) is 4.74 Å². The van der Waals surface area contributed by atoms with E-state index in [4.69, 9.17) is 0 Å². The Bertz CT molecular complexity index is 764. The van der Waals surface area contributed by atoms with Crippen LogP contribution in [0.1, 0.15) is 6.92 Å². The second-order valence-electron chi connectivity index (χ2n) is 5.39. The number of aliphatic hydroxyl groups is 1. The van der Waals surface area contributed by atoms with Gasteiger partial charge in [0.15, 0.2) is 5.60 Å². The standard InChI is InChI=1S/C17H17NO3/c1-17(20,16(19)21-2)11-18-14-9-5-3-7-12(14)13-8-4-6-10-15(13)18/h3-10,20H,11H2,1-2H3. The summed E-state index contributed by atoms with van der Waals surface area (Å²) in [4.78, 5) is 11.7. The largest absolute Gasteiger partial charge is 0.467 e. The van der Waals surface area contributed by atoms with Crippen LogP contribution in [0.3, 0.4) is 0 Å². The molecule has 0 aliphatic carbocycles. The maximum atomic E-state index is 11.7. The maximum Gasteiger partial charge on any atom is 0.339 e. The smallest absolute Gasteiger partial charge is 0.339 e. The number of hydrogen-bond acceptors (Lipinski definition) is 3. The second-order valence-corrected chi connectivity index (χ2v) is 5.39. The van der Waals surface area contributed by atoms with Gasteiger partial charge in [0, 0.05) is 21.8 Å². The predicted octanol–water partition coefficient (Wildman–Crippen LogP) is 2.72. The highest BCUT2D eigenvalue weighted by Crippen LogP contribution is 2.30. The van der Waals surface area contributed by atoms with Crippen molar-refractivity contribution < 1.29 is 14.6 Å². The first-order valence-electron chi connectivity index (χ1n) is 6.81.